The van der Waals surface area contributed by atoms with E-state index in [2.05, 4.69) is 20.9 Å². The van der Waals surface area contributed by atoms with Crippen LogP contribution in [0.4, 0.5) is 5.69 Å². The Balaban J connectivity index is 2.61. The molecule has 0 bridgehead atoms. The molecule has 0 radical (unpaired) electrons. The monoisotopic (exact) mass is 254 g/mol. The van der Waals surface area contributed by atoms with Crippen LogP contribution in [0.1, 0.15) is 16.9 Å². The number of amides is 1. The molecule has 0 N–H and O–H groups in total. The molecule has 0 fully saturated rings. The largest absolute Gasteiger partial charge is 0.313 e. The minimum atomic E-state index is -0.218. The van der Waals surface area contributed by atoms with E-state index in [1.165, 1.54) is 4.90 Å². The van der Waals surface area contributed by atoms with E-state index in [0.29, 0.717) is 16.0 Å². The molecule has 14 heavy (non-hydrogen) atoms. The lowest BCUT2D eigenvalue weighted by molar-refractivity contribution is -0.117. The number of hydrogen-bond donors (Lipinski definition) is 0. The lowest BCUT2D eigenvalue weighted by atomic mass is 10.1. The van der Waals surface area contributed by atoms with Crippen LogP contribution < -0.4 is 4.90 Å². The van der Waals surface area contributed by atoms with Crippen molar-refractivity contribution in [3.05, 3.63) is 22.4 Å². The number of halogens is 1. The first kappa shape index (κ1) is 9.33. The third-order valence-electron chi connectivity index (χ3n) is 2.15. The van der Waals surface area contributed by atoms with E-state index in [4.69, 9.17) is 0 Å². The quantitative estimate of drug-likeness (QED) is 0.520. The van der Waals surface area contributed by atoms with Crippen molar-refractivity contribution in [1.82, 2.24) is 4.98 Å². The zero-order chi connectivity index (χ0) is 10.3. The number of pyridine rings is 1. The van der Waals surface area contributed by atoms with Crippen LogP contribution in [0.3, 0.4) is 0 Å². The van der Waals surface area contributed by atoms with E-state index < -0.39 is 0 Å². The molecular weight excluding hydrogens is 248 g/mol. The highest BCUT2D eigenvalue weighted by Crippen LogP contribution is 2.26. The minimum Gasteiger partial charge on any atom is -0.313 e. The lowest BCUT2D eigenvalue weighted by Crippen LogP contribution is -2.34. The fourth-order valence-electron chi connectivity index (χ4n) is 1.38. The molecule has 0 atom stereocenters. The first-order valence-electron chi connectivity index (χ1n) is 4.06. The average molecular weight is 255 g/mol. The van der Waals surface area contributed by atoms with Crippen molar-refractivity contribution in [3.63, 3.8) is 0 Å². The van der Waals surface area contributed by atoms with Gasteiger partial charge in [0.2, 0.25) is 5.91 Å². The molecule has 2 heterocycles. The van der Waals surface area contributed by atoms with Crippen molar-refractivity contribution in [2.75, 3.05) is 11.9 Å². The summed E-state index contributed by atoms with van der Waals surface area (Å²) in [5.41, 5.74) is 0.941. The van der Waals surface area contributed by atoms with Gasteiger partial charge in [-0.3, -0.25) is 9.59 Å². The molecule has 0 aliphatic carbocycles. The standard InChI is InChI=1S/C9H7BrN2O2/c1-12-5-2-3-7(10)11-9(5)6(13)4-8(12)14/h2-3H,4H2,1H3. The van der Waals surface area contributed by atoms with Crippen LogP contribution >= 0.6 is 15.9 Å². The molecule has 4 nitrogen and oxygen atoms in total. The number of anilines is 1. The summed E-state index contributed by atoms with van der Waals surface area (Å²) < 4.78 is 0.604. The molecule has 72 valence electrons. The van der Waals surface area contributed by atoms with Crippen LogP contribution in [0.25, 0.3) is 0 Å². The van der Waals surface area contributed by atoms with Gasteiger partial charge < -0.3 is 4.90 Å². The van der Waals surface area contributed by atoms with E-state index in [1.807, 2.05) is 0 Å². The fraction of sp³-hybridized carbons (Fsp3) is 0.222. The first-order chi connectivity index (χ1) is 6.59. The molecule has 0 spiro atoms. The topological polar surface area (TPSA) is 50.3 Å². The molecule has 2 rings (SSSR count). The van der Waals surface area contributed by atoms with Gasteiger partial charge in [0.15, 0.2) is 5.78 Å². The van der Waals surface area contributed by atoms with Crippen LogP contribution in [0.5, 0.6) is 0 Å². The van der Waals surface area contributed by atoms with Crippen molar-refractivity contribution >= 4 is 33.3 Å². The van der Waals surface area contributed by atoms with Gasteiger partial charge in [0.05, 0.1) is 12.1 Å². The summed E-state index contributed by atoms with van der Waals surface area (Å²) in [4.78, 5) is 28.3. The van der Waals surface area contributed by atoms with Gasteiger partial charge in [0, 0.05) is 7.05 Å². The Bertz CT molecular complexity index is 431. The van der Waals surface area contributed by atoms with E-state index in [1.54, 1.807) is 19.2 Å². The summed E-state index contributed by atoms with van der Waals surface area (Å²) in [5.74, 6) is -0.406. The second-order valence-electron chi connectivity index (χ2n) is 3.05. The van der Waals surface area contributed by atoms with Crippen molar-refractivity contribution in [1.29, 1.82) is 0 Å². The van der Waals surface area contributed by atoms with E-state index in [-0.39, 0.29) is 18.1 Å². The van der Waals surface area contributed by atoms with E-state index in [0.717, 1.165) is 0 Å². The maximum atomic E-state index is 11.5. The van der Waals surface area contributed by atoms with E-state index >= 15 is 0 Å². The Morgan fingerprint density at radius 3 is 2.86 bits per heavy atom. The highest BCUT2D eigenvalue weighted by Gasteiger charge is 2.28. The van der Waals surface area contributed by atoms with Crippen molar-refractivity contribution < 1.29 is 9.59 Å². The van der Waals surface area contributed by atoms with Gasteiger partial charge >= 0.3 is 0 Å². The second kappa shape index (κ2) is 3.16. The minimum absolute atomic E-state index is 0.0903. The first-order valence-corrected chi connectivity index (χ1v) is 4.85. The third kappa shape index (κ3) is 1.33. The number of hydrogen-bond acceptors (Lipinski definition) is 3. The average Bonchev–Trinajstić information content (AvgIpc) is 2.14. The van der Waals surface area contributed by atoms with Crippen LogP contribution in [0, 0.1) is 0 Å². The SMILES string of the molecule is CN1C(=O)CC(=O)c2nc(Br)ccc21. The maximum Gasteiger partial charge on any atom is 0.234 e. The van der Waals surface area contributed by atoms with Crippen LogP contribution in [0.2, 0.25) is 0 Å². The molecule has 1 aromatic rings. The van der Waals surface area contributed by atoms with Crippen LogP contribution in [-0.4, -0.2) is 23.7 Å². The number of fused-ring (bicyclic) bond motifs is 1. The zero-order valence-electron chi connectivity index (χ0n) is 7.45. The van der Waals surface area contributed by atoms with Gasteiger partial charge in [-0.05, 0) is 28.1 Å². The van der Waals surface area contributed by atoms with Crippen molar-refractivity contribution in [2.45, 2.75) is 6.42 Å². The zero-order valence-corrected chi connectivity index (χ0v) is 9.04. The predicted octanol–water partition coefficient (Wildman–Crippen LogP) is 1.39. The molecule has 1 amide bonds. The Labute approximate surface area is 89.1 Å². The van der Waals surface area contributed by atoms with Crippen LogP contribution in [0.15, 0.2) is 16.7 Å². The van der Waals surface area contributed by atoms with Gasteiger partial charge in [-0.15, -0.1) is 0 Å². The fourth-order valence-corrected chi connectivity index (χ4v) is 1.69. The summed E-state index contributed by atoms with van der Waals surface area (Å²) in [6, 6.07) is 3.42. The normalized spacial score (nSPS) is 15.7. The molecule has 1 aromatic heterocycles. The predicted molar refractivity (Wildman–Crippen MR) is 54.3 cm³/mol. The molecule has 0 saturated carbocycles. The Kier molecular flexibility index (Phi) is 2.11. The molecule has 0 aromatic carbocycles. The summed E-state index contributed by atoms with van der Waals surface area (Å²) in [7, 11) is 1.64. The van der Waals surface area contributed by atoms with Crippen LogP contribution in [-0.2, 0) is 4.79 Å². The summed E-state index contributed by atoms with van der Waals surface area (Å²) >= 11 is 3.19. The van der Waals surface area contributed by atoms with Crippen molar-refractivity contribution in [3.8, 4) is 0 Å². The van der Waals surface area contributed by atoms with Gasteiger partial charge in [0.1, 0.15) is 10.3 Å². The van der Waals surface area contributed by atoms with E-state index in [9.17, 15) is 9.59 Å². The van der Waals surface area contributed by atoms with Gasteiger partial charge in [-0.1, -0.05) is 0 Å². The number of carbonyl (C=O) groups excluding carboxylic acids is 2. The highest BCUT2D eigenvalue weighted by molar-refractivity contribution is 9.10. The Morgan fingerprint density at radius 1 is 1.43 bits per heavy atom. The van der Waals surface area contributed by atoms with Crippen molar-refractivity contribution in [2.24, 2.45) is 0 Å². The lowest BCUT2D eigenvalue weighted by Gasteiger charge is -2.23. The molecular formula is C9H7BrN2O2. The van der Waals surface area contributed by atoms with Gasteiger partial charge in [0.25, 0.3) is 0 Å². The third-order valence-corrected chi connectivity index (χ3v) is 2.59. The number of nitrogens with zero attached hydrogens (tertiary/aromatic N) is 2. The molecule has 0 unspecified atom stereocenters. The van der Waals surface area contributed by atoms with Gasteiger partial charge in [-0.2, -0.15) is 0 Å². The number of Topliss-reactive ketones (excluding diaryl/α,β-unsaturated/α-hetero) is 1. The summed E-state index contributed by atoms with van der Waals surface area (Å²) in [6.07, 6.45) is -0.0903. The second-order valence-corrected chi connectivity index (χ2v) is 3.87. The summed E-state index contributed by atoms with van der Waals surface area (Å²) in [6.45, 7) is 0. The summed E-state index contributed by atoms with van der Waals surface area (Å²) in [5, 5.41) is 0. The smallest absolute Gasteiger partial charge is 0.234 e. The maximum absolute atomic E-state index is 11.5. The molecule has 0 saturated heterocycles. The Hall–Kier alpha value is -1.23. The number of rotatable bonds is 0. The number of carbonyl (C=O) groups is 2. The Morgan fingerprint density at radius 2 is 2.14 bits per heavy atom. The molecule has 1 aliphatic rings. The van der Waals surface area contributed by atoms with Gasteiger partial charge in [-0.25, -0.2) is 4.98 Å². The number of aromatic nitrogens is 1. The highest BCUT2D eigenvalue weighted by atomic mass is 79.9. The molecule has 5 heteroatoms. The molecule has 1 aliphatic heterocycles. The number of ketones is 1.